The lowest BCUT2D eigenvalue weighted by Gasteiger charge is -2.02. The topological polar surface area (TPSA) is 0 Å². The van der Waals surface area contributed by atoms with Gasteiger partial charge in [-0.05, 0) is 18.2 Å². The van der Waals surface area contributed by atoms with Crippen molar-refractivity contribution in [3.63, 3.8) is 0 Å². The van der Waals surface area contributed by atoms with Gasteiger partial charge in [0, 0.05) is 5.25 Å². The van der Waals surface area contributed by atoms with Crippen LogP contribution in [0.1, 0.15) is 40.5 Å². The van der Waals surface area contributed by atoms with Gasteiger partial charge in [-0.3, -0.25) is 0 Å². The maximum atomic E-state index is 2.23. The predicted octanol–water partition coefficient (Wildman–Crippen LogP) is 4.39. The monoisotopic (exact) mass is 184 g/mol. The first-order chi connectivity index (χ1) is 5.66. The van der Waals surface area contributed by atoms with E-state index in [2.05, 4.69) is 45.9 Å². The second-order valence-corrected chi connectivity index (χ2v) is 4.98. The molecule has 12 heavy (non-hydrogen) atoms. The van der Waals surface area contributed by atoms with E-state index in [0.717, 1.165) is 0 Å². The van der Waals surface area contributed by atoms with E-state index < -0.39 is 0 Å². The van der Waals surface area contributed by atoms with Crippen molar-refractivity contribution in [2.45, 2.75) is 45.8 Å². The van der Waals surface area contributed by atoms with Gasteiger partial charge < -0.3 is 0 Å². The summed E-state index contributed by atoms with van der Waals surface area (Å²) < 4.78 is 0. The van der Waals surface area contributed by atoms with Crippen LogP contribution < -0.4 is 0 Å². The van der Waals surface area contributed by atoms with Crippen molar-refractivity contribution in [1.29, 1.82) is 0 Å². The summed E-state index contributed by atoms with van der Waals surface area (Å²) in [6, 6.07) is 0. The molecule has 0 spiro atoms. The van der Waals surface area contributed by atoms with Crippen LogP contribution >= 0.6 is 11.8 Å². The molecule has 0 aliphatic carbocycles. The van der Waals surface area contributed by atoms with Crippen LogP contribution in [0.2, 0.25) is 0 Å². The maximum Gasteiger partial charge on any atom is 0.00344 e. The Hall–Kier alpha value is -0.170. The fourth-order valence-electron chi connectivity index (χ4n) is 0.878. The molecule has 70 valence electrons. The number of thioether (sulfide) groups is 1. The average molecular weight is 184 g/mol. The van der Waals surface area contributed by atoms with Crippen molar-refractivity contribution < 1.29 is 0 Å². The Labute approximate surface area is 81.1 Å². The molecule has 0 bridgehead atoms. The Balaban J connectivity index is 3.68. The molecule has 0 unspecified atom stereocenters. The number of rotatable bonds is 5. The van der Waals surface area contributed by atoms with Crippen molar-refractivity contribution >= 4 is 11.8 Å². The van der Waals surface area contributed by atoms with Gasteiger partial charge in [-0.15, -0.1) is 11.8 Å². The predicted molar refractivity (Wildman–Crippen MR) is 60.5 cm³/mol. The van der Waals surface area contributed by atoms with Crippen LogP contribution in [-0.2, 0) is 0 Å². The number of unbranched alkanes of at least 4 members (excludes halogenated alkanes) is 1. The Bertz CT molecular complexity index is 154. The molecule has 0 aliphatic heterocycles. The first-order valence-electron chi connectivity index (χ1n) is 4.67. The summed E-state index contributed by atoms with van der Waals surface area (Å²) in [5, 5.41) is 0.695. The van der Waals surface area contributed by atoms with E-state index >= 15 is 0 Å². The third-order valence-corrected chi connectivity index (χ3v) is 2.32. The number of hydrogen-bond acceptors (Lipinski definition) is 1. The highest BCUT2D eigenvalue weighted by atomic mass is 32.2. The minimum Gasteiger partial charge on any atom is -0.128 e. The quantitative estimate of drug-likeness (QED) is 0.571. The molecular formula is C11H20S. The van der Waals surface area contributed by atoms with E-state index in [4.69, 9.17) is 0 Å². The van der Waals surface area contributed by atoms with Gasteiger partial charge in [0.25, 0.3) is 0 Å². The standard InChI is InChI=1S/C11H20S/c1-5-6-7-8-9-11(4)12-10(2)3/h7-10H,5-6H2,1-4H3/b8-7-,11-9+. The highest BCUT2D eigenvalue weighted by Gasteiger charge is 1.93. The molecule has 0 aromatic heterocycles. The number of hydrogen-bond donors (Lipinski definition) is 0. The van der Waals surface area contributed by atoms with Crippen molar-refractivity contribution in [3.05, 3.63) is 23.1 Å². The molecule has 0 amide bonds. The normalized spacial score (nSPS) is 13.2. The van der Waals surface area contributed by atoms with Gasteiger partial charge in [-0.2, -0.15) is 0 Å². The summed E-state index contributed by atoms with van der Waals surface area (Å²) in [7, 11) is 0. The summed E-state index contributed by atoms with van der Waals surface area (Å²) >= 11 is 1.92. The average Bonchev–Trinajstić information content (AvgIpc) is 1.97. The van der Waals surface area contributed by atoms with Gasteiger partial charge in [0.15, 0.2) is 0 Å². The van der Waals surface area contributed by atoms with Crippen LogP contribution in [-0.4, -0.2) is 5.25 Å². The van der Waals surface area contributed by atoms with E-state index in [-0.39, 0.29) is 0 Å². The third kappa shape index (κ3) is 7.93. The van der Waals surface area contributed by atoms with Crippen LogP contribution in [0.5, 0.6) is 0 Å². The molecule has 0 heterocycles. The first kappa shape index (κ1) is 11.8. The molecule has 1 heteroatoms. The molecule has 0 saturated carbocycles. The second-order valence-electron chi connectivity index (χ2n) is 3.16. The maximum absolute atomic E-state index is 2.23. The first-order valence-corrected chi connectivity index (χ1v) is 5.54. The molecular weight excluding hydrogens is 164 g/mol. The number of allylic oxidation sites excluding steroid dienone is 4. The molecule has 0 saturated heterocycles. The van der Waals surface area contributed by atoms with Gasteiger partial charge in [0.2, 0.25) is 0 Å². The Morgan fingerprint density at radius 2 is 2.08 bits per heavy atom. The fraction of sp³-hybridized carbons (Fsp3) is 0.636. The highest BCUT2D eigenvalue weighted by molar-refractivity contribution is 8.03. The molecule has 0 aliphatic rings. The van der Waals surface area contributed by atoms with Gasteiger partial charge >= 0.3 is 0 Å². The zero-order valence-corrected chi connectivity index (χ0v) is 9.45. The lowest BCUT2D eigenvalue weighted by atomic mass is 10.3. The van der Waals surface area contributed by atoms with E-state index in [1.807, 2.05) is 11.8 Å². The Morgan fingerprint density at radius 3 is 2.58 bits per heavy atom. The van der Waals surface area contributed by atoms with Crippen LogP contribution in [0.15, 0.2) is 23.1 Å². The molecule has 0 nitrogen and oxygen atoms in total. The van der Waals surface area contributed by atoms with E-state index in [9.17, 15) is 0 Å². The van der Waals surface area contributed by atoms with Crippen molar-refractivity contribution in [2.75, 3.05) is 0 Å². The lowest BCUT2D eigenvalue weighted by Crippen LogP contribution is -1.84. The van der Waals surface area contributed by atoms with Crippen molar-refractivity contribution in [2.24, 2.45) is 0 Å². The molecule has 0 fully saturated rings. The van der Waals surface area contributed by atoms with Crippen LogP contribution in [0.25, 0.3) is 0 Å². The molecule has 0 atom stereocenters. The smallest absolute Gasteiger partial charge is 0.00344 e. The SMILES string of the molecule is CCC/C=C\C=C(/C)SC(C)C. The van der Waals surface area contributed by atoms with Gasteiger partial charge in [0.05, 0.1) is 0 Å². The summed E-state index contributed by atoms with van der Waals surface area (Å²) in [5.41, 5.74) is 0. The second kappa shape index (κ2) is 7.48. The van der Waals surface area contributed by atoms with Crippen molar-refractivity contribution in [3.8, 4) is 0 Å². The van der Waals surface area contributed by atoms with Crippen LogP contribution in [0, 0.1) is 0 Å². The summed E-state index contributed by atoms with van der Waals surface area (Å²) in [4.78, 5) is 1.40. The minimum absolute atomic E-state index is 0.695. The lowest BCUT2D eigenvalue weighted by molar-refractivity contribution is 0.959. The molecule has 0 radical (unpaired) electrons. The summed E-state index contributed by atoms with van der Waals surface area (Å²) in [6.07, 6.45) is 9.01. The Kier molecular flexibility index (Phi) is 7.37. The highest BCUT2D eigenvalue weighted by Crippen LogP contribution is 2.19. The fourth-order valence-corrected chi connectivity index (χ4v) is 1.78. The van der Waals surface area contributed by atoms with E-state index in [1.165, 1.54) is 17.7 Å². The Morgan fingerprint density at radius 1 is 1.42 bits per heavy atom. The zero-order chi connectivity index (χ0) is 9.40. The van der Waals surface area contributed by atoms with Gasteiger partial charge in [-0.25, -0.2) is 0 Å². The molecule has 0 N–H and O–H groups in total. The van der Waals surface area contributed by atoms with E-state index in [1.54, 1.807) is 0 Å². The third-order valence-electron chi connectivity index (χ3n) is 1.34. The van der Waals surface area contributed by atoms with Crippen LogP contribution in [0.4, 0.5) is 0 Å². The zero-order valence-electron chi connectivity index (χ0n) is 8.63. The van der Waals surface area contributed by atoms with Crippen molar-refractivity contribution in [1.82, 2.24) is 0 Å². The summed E-state index contributed by atoms with van der Waals surface area (Å²) in [6.45, 7) is 8.81. The molecule has 0 rings (SSSR count). The summed E-state index contributed by atoms with van der Waals surface area (Å²) in [5.74, 6) is 0. The molecule has 0 aromatic rings. The largest absolute Gasteiger partial charge is 0.128 e. The van der Waals surface area contributed by atoms with E-state index in [0.29, 0.717) is 5.25 Å². The van der Waals surface area contributed by atoms with Crippen LogP contribution in [0.3, 0.4) is 0 Å². The molecule has 0 aromatic carbocycles. The minimum atomic E-state index is 0.695. The van der Waals surface area contributed by atoms with Gasteiger partial charge in [-0.1, -0.05) is 45.4 Å². The van der Waals surface area contributed by atoms with Gasteiger partial charge in [0.1, 0.15) is 0 Å².